The molecule has 134 valence electrons. The molecule has 0 bridgehead atoms. The molecule has 1 aromatic heterocycles. The van der Waals surface area contributed by atoms with Crippen LogP contribution in [0.4, 0.5) is 5.95 Å². The second-order valence-electron chi connectivity index (χ2n) is 6.48. The highest BCUT2D eigenvalue weighted by molar-refractivity contribution is 8.14. The summed E-state index contributed by atoms with van der Waals surface area (Å²) >= 11 is 1.19. The third kappa shape index (κ3) is 2.33. The predicted octanol–water partition coefficient (Wildman–Crippen LogP) is 4.27. The number of imidazole rings is 1. The van der Waals surface area contributed by atoms with E-state index in [2.05, 4.69) is 44.8 Å². The topological polar surface area (TPSA) is 47.4 Å². The van der Waals surface area contributed by atoms with Crippen LogP contribution in [0.3, 0.4) is 0 Å². The fraction of sp³-hybridized carbons (Fsp3) is 0.143. The number of methoxy groups -OCH3 is 1. The Kier molecular flexibility index (Phi) is 3.62. The largest absolute Gasteiger partial charge is 0.497 e. The highest BCUT2D eigenvalue weighted by Crippen LogP contribution is 2.49. The molecule has 1 aromatic carbocycles. The smallest absolute Gasteiger partial charge is 0.225 e. The van der Waals surface area contributed by atoms with Gasteiger partial charge in [0.15, 0.2) is 0 Å². The van der Waals surface area contributed by atoms with Crippen LogP contribution in [0.5, 0.6) is 5.75 Å². The highest BCUT2D eigenvalue weighted by Gasteiger charge is 2.47. The van der Waals surface area contributed by atoms with Crippen LogP contribution >= 0.6 is 11.8 Å². The van der Waals surface area contributed by atoms with E-state index < -0.39 is 0 Å². The van der Waals surface area contributed by atoms with Crippen LogP contribution in [-0.4, -0.2) is 27.3 Å². The maximum Gasteiger partial charge on any atom is 0.225 e. The monoisotopic (exact) mass is 375 g/mol. The lowest BCUT2D eigenvalue weighted by Crippen LogP contribution is -2.41. The number of carbonyl (C=O) groups is 1. The molecule has 2 aromatic rings. The number of nitrogens with zero attached hydrogens (tertiary/aromatic N) is 3. The van der Waals surface area contributed by atoms with E-state index in [4.69, 9.17) is 4.74 Å². The number of benzene rings is 1. The lowest BCUT2D eigenvalue weighted by atomic mass is 9.88. The van der Waals surface area contributed by atoms with E-state index in [9.17, 15) is 4.79 Å². The van der Waals surface area contributed by atoms with Crippen LogP contribution in [0.2, 0.25) is 0 Å². The summed E-state index contributed by atoms with van der Waals surface area (Å²) < 4.78 is 7.32. The first-order valence-corrected chi connectivity index (χ1v) is 9.53. The minimum Gasteiger partial charge on any atom is -0.497 e. The Morgan fingerprint density at radius 1 is 1.30 bits per heavy atom. The Labute approximate surface area is 161 Å². The maximum atomic E-state index is 12.8. The fourth-order valence-electron chi connectivity index (χ4n) is 3.76. The van der Waals surface area contributed by atoms with Crippen LogP contribution in [0.25, 0.3) is 5.70 Å². The summed E-state index contributed by atoms with van der Waals surface area (Å²) in [4.78, 5) is 19.6. The Morgan fingerprint density at radius 3 is 3.11 bits per heavy atom. The first kappa shape index (κ1) is 16.2. The number of rotatable bonds is 3. The number of allylic oxidation sites excluding steroid dienone is 4. The van der Waals surface area contributed by atoms with Crippen LogP contribution in [0, 0.1) is 0 Å². The van der Waals surface area contributed by atoms with E-state index in [0.717, 1.165) is 23.1 Å². The van der Waals surface area contributed by atoms with Crippen molar-refractivity contribution in [2.24, 2.45) is 0 Å². The molecule has 27 heavy (non-hydrogen) atoms. The number of fused-ring (bicyclic) bond motifs is 3. The van der Waals surface area contributed by atoms with Crippen molar-refractivity contribution < 1.29 is 9.53 Å². The highest BCUT2D eigenvalue weighted by atomic mass is 32.2. The molecule has 3 aliphatic rings. The van der Waals surface area contributed by atoms with Gasteiger partial charge in [-0.25, -0.2) is 4.98 Å². The van der Waals surface area contributed by atoms with Crippen molar-refractivity contribution in [1.29, 1.82) is 0 Å². The second kappa shape index (κ2) is 6.03. The standard InChI is InChI=1S/C21H17N3O2S/c1-26-16-8-6-7-15(13-16)19(25)27-18-14-22-20-23-12-5-4-11-21(23)10-3-2-9-17(21)24(18)20/h3-14H,2H2,1H3. The number of hydrogen-bond donors (Lipinski definition) is 0. The molecule has 2 aliphatic heterocycles. The Bertz CT molecular complexity index is 1060. The van der Waals surface area contributed by atoms with Gasteiger partial charge in [-0.3, -0.25) is 14.3 Å². The van der Waals surface area contributed by atoms with Crippen molar-refractivity contribution in [2.45, 2.75) is 17.0 Å². The van der Waals surface area contributed by atoms with E-state index in [1.165, 1.54) is 11.8 Å². The summed E-state index contributed by atoms with van der Waals surface area (Å²) in [5.74, 6) is 1.50. The first-order valence-electron chi connectivity index (χ1n) is 8.71. The lowest BCUT2D eigenvalue weighted by molar-refractivity contribution is 0.108. The van der Waals surface area contributed by atoms with Crippen molar-refractivity contribution in [3.63, 3.8) is 0 Å². The van der Waals surface area contributed by atoms with Crippen molar-refractivity contribution in [3.05, 3.63) is 78.7 Å². The van der Waals surface area contributed by atoms with Gasteiger partial charge in [0.05, 0.1) is 19.0 Å². The Morgan fingerprint density at radius 2 is 2.22 bits per heavy atom. The van der Waals surface area contributed by atoms with Gasteiger partial charge in [-0.1, -0.05) is 36.4 Å². The SMILES string of the molecule is COc1cccc(C(=O)Sc2cnc3n2C2=CCC=CC24C=CC=CN34)c1. The zero-order valence-corrected chi connectivity index (χ0v) is 15.5. The molecule has 1 atom stereocenters. The molecule has 1 aliphatic carbocycles. The van der Waals surface area contributed by atoms with Crippen molar-refractivity contribution >= 4 is 28.5 Å². The van der Waals surface area contributed by atoms with Gasteiger partial charge >= 0.3 is 0 Å². The molecule has 0 saturated heterocycles. The van der Waals surface area contributed by atoms with Crippen molar-refractivity contribution in [2.75, 3.05) is 12.0 Å². The van der Waals surface area contributed by atoms with Crippen LogP contribution in [0.15, 0.2) is 78.1 Å². The number of ether oxygens (including phenoxy) is 1. The molecule has 0 N–H and O–H groups in total. The van der Waals surface area contributed by atoms with E-state index in [1.807, 2.05) is 24.4 Å². The number of thioether (sulfide) groups is 1. The fourth-order valence-corrected chi connectivity index (χ4v) is 4.58. The molecule has 3 heterocycles. The van der Waals surface area contributed by atoms with Gasteiger partial charge in [0, 0.05) is 11.8 Å². The number of carbonyl (C=O) groups excluding carboxylic acids is 1. The molecule has 5 nitrogen and oxygen atoms in total. The van der Waals surface area contributed by atoms with Gasteiger partial charge in [0.1, 0.15) is 16.3 Å². The normalized spacial score (nSPS) is 21.5. The van der Waals surface area contributed by atoms with Crippen LogP contribution in [0.1, 0.15) is 16.8 Å². The average Bonchev–Trinajstić information content (AvgIpc) is 3.24. The molecule has 0 fully saturated rings. The Balaban J connectivity index is 1.53. The summed E-state index contributed by atoms with van der Waals surface area (Å²) in [6, 6.07) is 7.22. The summed E-state index contributed by atoms with van der Waals surface area (Å²) in [6.45, 7) is 0. The average molecular weight is 375 g/mol. The van der Waals surface area contributed by atoms with Crippen molar-refractivity contribution in [3.8, 4) is 5.75 Å². The molecule has 0 radical (unpaired) electrons. The maximum absolute atomic E-state index is 12.8. The van der Waals surface area contributed by atoms with Gasteiger partial charge < -0.3 is 4.74 Å². The summed E-state index contributed by atoms with van der Waals surface area (Å²) in [5, 5.41) is 0.781. The molecular formula is C21H17N3O2S. The molecule has 1 unspecified atom stereocenters. The van der Waals surface area contributed by atoms with E-state index >= 15 is 0 Å². The van der Waals surface area contributed by atoms with Gasteiger partial charge in [0.25, 0.3) is 0 Å². The van der Waals surface area contributed by atoms with Crippen LogP contribution in [-0.2, 0) is 0 Å². The summed E-state index contributed by atoms with van der Waals surface area (Å²) in [7, 11) is 1.60. The second-order valence-corrected chi connectivity index (χ2v) is 7.47. The van der Waals surface area contributed by atoms with E-state index in [0.29, 0.717) is 11.3 Å². The zero-order chi connectivity index (χ0) is 18.4. The van der Waals surface area contributed by atoms with Gasteiger partial charge in [-0.2, -0.15) is 0 Å². The van der Waals surface area contributed by atoms with E-state index in [-0.39, 0.29) is 10.7 Å². The van der Waals surface area contributed by atoms with Crippen molar-refractivity contribution in [1.82, 2.24) is 9.55 Å². The molecule has 0 saturated carbocycles. The number of hydrogen-bond acceptors (Lipinski definition) is 5. The molecular weight excluding hydrogens is 358 g/mol. The molecule has 5 rings (SSSR count). The van der Waals surface area contributed by atoms with Crippen LogP contribution < -0.4 is 9.64 Å². The summed E-state index contributed by atoms with van der Waals surface area (Å²) in [6.07, 6.45) is 17.5. The minimum absolute atomic E-state index is 0.0337. The van der Waals surface area contributed by atoms with Gasteiger partial charge in [-0.15, -0.1) is 0 Å². The third-order valence-electron chi connectivity index (χ3n) is 4.99. The van der Waals surface area contributed by atoms with Gasteiger partial charge in [0.2, 0.25) is 11.1 Å². The molecule has 0 amide bonds. The molecule has 1 spiro atoms. The number of aromatic nitrogens is 2. The molecule has 6 heteroatoms. The Hall–Kier alpha value is -2.99. The number of anilines is 1. The van der Waals surface area contributed by atoms with E-state index in [1.54, 1.807) is 25.4 Å². The third-order valence-corrected chi connectivity index (χ3v) is 5.91. The minimum atomic E-state index is -0.342. The first-order chi connectivity index (χ1) is 13.2. The van der Waals surface area contributed by atoms with Gasteiger partial charge in [-0.05, 0) is 42.5 Å². The predicted molar refractivity (Wildman–Crippen MR) is 107 cm³/mol. The lowest BCUT2D eigenvalue weighted by Gasteiger charge is -2.35. The zero-order valence-electron chi connectivity index (χ0n) is 14.7. The quantitative estimate of drug-likeness (QED) is 0.592. The summed E-state index contributed by atoms with van der Waals surface area (Å²) in [5.41, 5.74) is 1.39.